The number of nitrogens with one attached hydrogen (secondary N) is 1. The first kappa shape index (κ1) is 14.7. The Bertz CT molecular complexity index is 170. The van der Waals surface area contributed by atoms with E-state index >= 15 is 0 Å². The number of hydrogen-bond acceptors (Lipinski definition) is 3. The zero-order valence-corrected chi connectivity index (χ0v) is 10.3. The van der Waals surface area contributed by atoms with Crippen molar-refractivity contribution in [3.05, 3.63) is 0 Å². The fraction of sp³-hybridized carbons (Fsp3) is 0.909. The molecular formula is C11H22ClNO2. The average Bonchev–Trinajstić information content (AvgIpc) is 2.70. The van der Waals surface area contributed by atoms with Crippen LogP contribution >= 0.6 is 12.4 Å². The van der Waals surface area contributed by atoms with Crippen molar-refractivity contribution in [2.75, 3.05) is 13.2 Å². The van der Waals surface area contributed by atoms with E-state index in [0.717, 1.165) is 25.8 Å². The molecule has 1 heterocycles. The van der Waals surface area contributed by atoms with Gasteiger partial charge in [0.2, 0.25) is 0 Å². The molecule has 1 rings (SSSR count). The van der Waals surface area contributed by atoms with Crippen LogP contribution in [0.15, 0.2) is 0 Å². The van der Waals surface area contributed by atoms with Crippen LogP contribution < -0.4 is 5.32 Å². The molecule has 1 atom stereocenters. The van der Waals surface area contributed by atoms with E-state index in [4.69, 9.17) is 4.74 Å². The molecule has 0 aliphatic carbocycles. The maximum absolute atomic E-state index is 11.4. The number of halogens is 1. The standard InChI is InChI=1S/C11H21NO2.ClH/c1-2-3-4-5-9-14-11(13)10-7-6-8-12-10;/h10,12H,2-9H2,1H3;1H. The number of unbranched alkanes of at least 4 members (excludes halogenated alkanes) is 3. The molecule has 1 fully saturated rings. The Morgan fingerprint density at radius 1 is 1.40 bits per heavy atom. The fourth-order valence-corrected chi connectivity index (χ4v) is 1.69. The van der Waals surface area contributed by atoms with Crippen molar-refractivity contribution in [1.29, 1.82) is 0 Å². The predicted molar refractivity (Wildman–Crippen MR) is 63.4 cm³/mol. The van der Waals surface area contributed by atoms with Crippen LogP contribution in [0.2, 0.25) is 0 Å². The maximum Gasteiger partial charge on any atom is 0.323 e. The largest absolute Gasteiger partial charge is 0.465 e. The lowest BCUT2D eigenvalue weighted by Crippen LogP contribution is -2.32. The minimum Gasteiger partial charge on any atom is -0.465 e. The molecule has 15 heavy (non-hydrogen) atoms. The Morgan fingerprint density at radius 2 is 2.20 bits per heavy atom. The summed E-state index contributed by atoms with van der Waals surface area (Å²) in [5.41, 5.74) is 0. The number of hydrogen-bond donors (Lipinski definition) is 1. The Morgan fingerprint density at radius 3 is 2.80 bits per heavy atom. The van der Waals surface area contributed by atoms with Gasteiger partial charge in [0.25, 0.3) is 0 Å². The van der Waals surface area contributed by atoms with Crippen LogP contribution in [-0.4, -0.2) is 25.2 Å². The van der Waals surface area contributed by atoms with Gasteiger partial charge in [-0.1, -0.05) is 26.2 Å². The summed E-state index contributed by atoms with van der Waals surface area (Å²) in [4.78, 5) is 11.4. The van der Waals surface area contributed by atoms with Crippen LogP contribution in [0, 0.1) is 0 Å². The van der Waals surface area contributed by atoms with Gasteiger partial charge in [-0.2, -0.15) is 0 Å². The van der Waals surface area contributed by atoms with Gasteiger partial charge < -0.3 is 10.1 Å². The van der Waals surface area contributed by atoms with Gasteiger partial charge in [-0.3, -0.25) is 4.79 Å². The molecule has 1 aliphatic rings. The first-order valence-corrected chi connectivity index (χ1v) is 5.74. The highest BCUT2D eigenvalue weighted by Crippen LogP contribution is 2.07. The Hall–Kier alpha value is -0.280. The monoisotopic (exact) mass is 235 g/mol. The molecule has 0 amide bonds. The zero-order valence-electron chi connectivity index (χ0n) is 9.46. The second kappa shape index (κ2) is 8.98. The minimum absolute atomic E-state index is 0. The molecule has 1 unspecified atom stereocenters. The number of ether oxygens (including phenoxy) is 1. The van der Waals surface area contributed by atoms with Crippen molar-refractivity contribution in [2.24, 2.45) is 0 Å². The van der Waals surface area contributed by atoms with Gasteiger partial charge in [0, 0.05) is 0 Å². The second-order valence-electron chi connectivity index (χ2n) is 3.88. The Labute approximate surface area is 98.4 Å². The fourth-order valence-electron chi connectivity index (χ4n) is 1.69. The van der Waals surface area contributed by atoms with Crippen LogP contribution in [0.3, 0.4) is 0 Å². The average molecular weight is 236 g/mol. The third kappa shape index (κ3) is 6.00. The van der Waals surface area contributed by atoms with Crippen molar-refractivity contribution < 1.29 is 9.53 Å². The summed E-state index contributed by atoms with van der Waals surface area (Å²) in [7, 11) is 0. The van der Waals surface area contributed by atoms with Gasteiger partial charge in [0.1, 0.15) is 6.04 Å². The maximum atomic E-state index is 11.4. The molecule has 1 saturated heterocycles. The van der Waals surface area contributed by atoms with Crippen LogP contribution in [-0.2, 0) is 9.53 Å². The molecule has 1 aliphatic heterocycles. The zero-order chi connectivity index (χ0) is 10.2. The van der Waals surface area contributed by atoms with Crippen LogP contribution in [0.5, 0.6) is 0 Å². The molecule has 0 spiro atoms. The van der Waals surface area contributed by atoms with Crippen LogP contribution in [0.4, 0.5) is 0 Å². The van der Waals surface area contributed by atoms with Gasteiger partial charge in [0.15, 0.2) is 0 Å². The van der Waals surface area contributed by atoms with E-state index in [1.807, 2.05) is 0 Å². The highest BCUT2D eigenvalue weighted by atomic mass is 35.5. The molecule has 0 bridgehead atoms. The van der Waals surface area contributed by atoms with E-state index in [0.29, 0.717) is 6.61 Å². The van der Waals surface area contributed by atoms with Gasteiger partial charge >= 0.3 is 5.97 Å². The number of carbonyl (C=O) groups excluding carboxylic acids is 1. The van der Waals surface area contributed by atoms with E-state index in [-0.39, 0.29) is 24.4 Å². The number of carbonyl (C=O) groups is 1. The molecule has 0 radical (unpaired) electrons. The lowest BCUT2D eigenvalue weighted by atomic mass is 10.2. The molecule has 0 aromatic carbocycles. The van der Waals surface area contributed by atoms with Gasteiger partial charge in [0.05, 0.1) is 6.61 Å². The first-order chi connectivity index (χ1) is 6.84. The molecule has 3 nitrogen and oxygen atoms in total. The summed E-state index contributed by atoms with van der Waals surface area (Å²) < 4.78 is 5.17. The van der Waals surface area contributed by atoms with Crippen molar-refractivity contribution >= 4 is 18.4 Å². The topological polar surface area (TPSA) is 38.3 Å². The third-order valence-electron chi connectivity index (χ3n) is 2.59. The van der Waals surface area contributed by atoms with Crippen LogP contribution in [0.25, 0.3) is 0 Å². The van der Waals surface area contributed by atoms with Crippen molar-refractivity contribution in [2.45, 2.75) is 51.5 Å². The van der Waals surface area contributed by atoms with Gasteiger partial charge in [-0.15, -0.1) is 12.4 Å². The Kier molecular flexibility index (Phi) is 8.82. The van der Waals surface area contributed by atoms with Gasteiger partial charge in [-0.25, -0.2) is 0 Å². The van der Waals surface area contributed by atoms with E-state index in [2.05, 4.69) is 12.2 Å². The summed E-state index contributed by atoms with van der Waals surface area (Å²) in [5.74, 6) is -0.0565. The predicted octanol–water partition coefficient (Wildman–Crippen LogP) is 2.28. The van der Waals surface area contributed by atoms with Crippen molar-refractivity contribution in [3.63, 3.8) is 0 Å². The van der Waals surface area contributed by atoms with Crippen molar-refractivity contribution in [3.8, 4) is 0 Å². The summed E-state index contributed by atoms with van der Waals surface area (Å²) in [6, 6.07) is -0.0267. The Balaban J connectivity index is 0.00000196. The second-order valence-corrected chi connectivity index (χ2v) is 3.88. The van der Waals surface area contributed by atoms with E-state index in [1.54, 1.807) is 0 Å². The summed E-state index contributed by atoms with van der Waals surface area (Å²) >= 11 is 0. The highest BCUT2D eigenvalue weighted by Gasteiger charge is 2.22. The SMILES string of the molecule is CCCCCCOC(=O)C1CCCN1.Cl. The number of rotatable bonds is 6. The number of esters is 1. The lowest BCUT2D eigenvalue weighted by molar-refractivity contribution is -0.145. The molecule has 0 aromatic heterocycles. The quantitative estimate of drug-likeness (QED) is 0.567. The van der Waals surface area contributed by atoms with Crippen molar-refractivity contribution in [1.82, 2.24) is 5.32 Å². The summed E-state index contributed by atoms with van der Waals surface area (Å²) in [5, 5.41) is 3.13. The third-order valence-corrected chi connectivity index (χ3v) is 2.59. The summed E-state index contributed by atoms with van der Waals surface area (Å²) in [6.45, 7) is 3.72. The minimum atomic E-state index is -0.0565. The molecular weight excluding hydrogens is 214 g/mol. The molecule has 90 valence electrons. The molecule has 0 saturated carbocycles. The van der Waals surface area contributed by atoms with E-state index in [9.17, 15) is 4.79 Å². The lowest BCUT2D eigenvalue weighted by Gasteiger charge is -2.09. The van der Waals surface area contributed by atoms with Crippen LogP contribution in [0.1, 0.15) is 45.4 Å². The molecule has 4 heteroatoms. The van der Waals surface area contributed by atoms with Gasteiger partial charge in [-0.05, 0) is 25.8 Å². The summed E-state index contributed by atoms with van der Waals surface area (Å²) in [6.07, 6.45) is 6.66. The van der Waals surface area contributed by atoms with E-state index < -0.39 is 0 Å². The van der Waals surface area contributed by atoms with E-state index in [1.165, 1.54) is 19.3 Å². The normalized spacial score (nSPS) is 19.7. The molecule has 1 N–H and O–H groups in total. The first-order valence-electron chi connectivity index (χ1n) is 5.74. The highest BCUT2D eigenvalue weighted by molar-refractivity contribution is 5.85. The smallest absolute Gasteiger partial charge is 0.323 e. The molecule has 0 aromatic rings.